The Morgan fingerprint density at radius 1 is 1.11 bits per heavy atom. The van der Waals surface area contributed by atoms with Crippen LogP contribution in [0.2, 0.25) is 0 Å². The fraction of sp³-hybridized carbons (Fsp3) is 0.158. The molecule has 138 valence electrons. The first-order valence-electron chi connectivity index (χ1n) is 8.26. The number of rotatable bonds is 5. The van der Waals surface area contributed by atoms with Crippen LogP contribution in [0.5, 0.6) is 0 Å². The van der Waals surface area contributed by atoms with Crippen LogP contribution in [0.1, 0.15) is 35.9 Å². The molecule has 2 aromatic heterocycles. The van der Waals surface area contributed by atoms with E-state index in [1.165, 1.54) is 31.6 Å². The molecule has 0 saturated heterocycles. The highest BCUT2D eigenvalue weighted by molar-refractivity contribution is 5.92. The highest BCUT2D eigenvalue weighted by Gasteiger charge is 2.14. The fourth-order valence-electron chi connectivity index (χ4n) is 2.49. The van der Waals surface area contributed by atoms with Gasteiger partial charge in [0.1, 0.15) is 23.7 Å². The van der Waals surface area contributed by atoms with Gasteiger partial charge in [-0.25, -0.2) is 14.4 Å². The van der Waals surface area contributed by atoms with Gasteiger partial charge >= 0.3 is 0 Å². The molecule has 1 unspecified atom stereocenters. The third-order valence-corrected chi connectivity index (χ3v) is 3.87. The summed E-state index contributed by atoms with van der Waals surface area (Å²) in [5.41, 5.74) is 1.61. The normalized spacial score (nSPS) is 11.7. The smallest absolute Gasteiger partial charge is 0.271 e. The van der Waals surface area contributed by atoms with Crippen LogP contribution in [-0.2, 0) is 4.79 Å². The Kier molecular flexibility index (Phi) is 5.25. The zero-order valence-electron chi connectivity index (χ0n) is 14.8. The van der Waals surface area contributed by atoms with E-state index < -0.39 is 0 Å². The van der Waals surface area contributed by atoms with Gasteiger partial charge in [0.2, 0.25) is 5.91 Å². The minimum atomic E-state index is -0.347. The molecule has 3 rings (SSSR count). The number of aromatic nitrogens is 3. The van der Waals surface area contributed by atoms with Crippen molar-refractivity contribution in [2.75, 3.05) is 5.32 Å². The number of carbonyl (C=O) groups excluding carboxylic acids is 2. The van der Waals surface area contributed by atoms with E-state index >= 15 is 0 Å². The van der Waals surface area contributed by atoms with Crippen molar-refractivity contribution in [3.8, 4) is 5.82 Å². The van der Waals surface area contributed by atoms with E-state index in [-0.39, 0.29) is 29.4 Å². The minimum Gasteiger partial charge on any atom is -0.344 e. The molecule has 2 heterocycles. The van der Waals surface area contributed by atoms with Crippen molar-refractivity contribution in [1.82, 2.24) is 19.9 Å². The third-order valence-electron chi connectivity index (χ3n) is 3.87. The Balaban J connectivity index is 1.68. The minimum absolute atomic E-state index is 0.179. The number of anilines is 1. The summed E-state index contributed by atoms with van der Waals surface area (Å²) in [5.74, 6) is -0.294. The number of halogens is 1. The first-order valence-corrected chi connectivity index (χ1v) is 8.26. The van der Waals surface area contributed by atoms with Gasteiger partial charge in [0.25, 0.3) is 5.91 Å². The molecule has 0 bridgehead atoms. The van der Waals surface area contributed by atoms with Gasteiger partial charge in [0.05, 0.1) is 17.9 Å². The lowest BCUT2D eigenvalue weighted by Crippen LogP contribution is -2.26. The Bertz CT molecular complexity index is 951. The summed E-state index contributed by atoms with van der Waals surface area (Å²) in [6, 6.07) is 9.07. The lowest BCUT2D eigenvalue weighted by Gasteiger charge is -2.13. The Labute approximate surface area is 155 Å². The summed E-state index contributed by atoms with van der Waals surface area (Å²) in [5, 5.41) is 5.46. The number of nitrogens with zero attached hydrogens (tertiary/aromatic N) is 3. The fourth-order valence-corrected chi connectivity index (χ4v) is 2.49. The molecule has 2 N–H and O–H groups in total. The second kappa shape index (κ2) is 7.77. The summed E-state index contributed by atoms with van der Waals surface area (Å²) < 4.78 is 14.6. The molecule has 0 aliphatic rings. The van der Waals surface area contributed by atoms with E-state index in [0.717, 1.165) is 5.56 Å². The molecular formula is C19H18FN5O2. The topological polar surface area (TPSA) is 88.9 Å². The maximum Gasteiger partial charge on any atom is 0.271 e. The number of hydrogen-bond donors (Lipinski definition) is 2. The molecule has 2 amide bonds. The lowest BCUT2D eigenvalue weighted by molar-refractivity contribution is -0.114. The summed E-state index contributed by atoms with van der Waals surface area (Å²) in [6.07, 6.45) is 4.57. The average Bonchev–Trinajstić information content (AvgIpc) is 3.12. The van der Waals surface area contributed by atoms with Gasteiger partial charge in [-0.15, -0.1) is 0 Å². The van der Waals surface area contributed by atoms with Crippen molar-refractivity contribution in [1.29, 1.82) is 0 Å². The summed E-state index contributed by atoms with van der Waals surface area (Å²) in [4.78, 5) is 31.8. The number of nitrogens with one attached hydrogen (secondary N) is 2. The van der Waals surface area contributed by atoms with Crippen molar-refractivity contribution in [2.24, 2.45) is 0 Å². The number of imidazole rings is 1. The highest BCUT2D eigenvalue weighted by atomic mass is 19.1. The SMILES string of the molecule is CC(=O)Nc1ccc(-n2cnc(C(=O)NC(C)c3ccc(F)cc3)c2)nc1. The molecule has 0 aliphatic carbocycles. The number of amides is 2. The first kappa shape index (κ1) is 18.2. The van der Waals surface area contributed by atoms with Crippen LogP contribution in [0.3, 0.4) is 0 Å². The van der Waals surface area contributed by atoms with Gasteiger partial charge in [-0.05, 0) is 36.8 Å². The largest absolute Gasteiger partial charge is 0.344 e. The van der Waals surface area contributed by atoms with Crippen LogP contribution < -0.4 is 10.6 Å². The van der Waals surface area contributed by atoms with Gasteiger partial charge in [0.15, 0.2) is 0 Å². The van der Waals surface area contributed by atoms with E-state index in [0.29, 0.717) is 11.5 Å². The van der Waals surface area contributed by atoms with Crippen LogP contribution >= 0.6 is 0 Å². The standard InChI is InChI=1S/C19H18FN5O2/c1-12(14-3-5-15(20)6-4-14)23-19(27)17-10-25(11-22-17)18-8-7-16(9-21-18)24-13(2)26/h3-12H,1-2H3,(H,23,27)(H,24,26). The maximum absolute atomic E-state index is 13.0. The second-order valence-electron chi connectivity index (χ2n) is 6.00. The molecule has 1 aromatic carbocycles. The van der Waals surface area contributed by atoms with Crippen LogP contribution in [0.25, 0.3) is 5.82 Å². The van der Waals surface area contributed by atoms with Crippen molar-refractivity contribution in [3.63, 3.8) is 0 Å². The van der Waals surface area contributed by atoms with E-state index in [9.17, 15) is 14.0 Å². The number of benzene rings is 1. The zero-order chi connectivity index (χ0) is 19.4. The third kappa shape index (κ3) is 4.55. The van der Waals surface area contributed by atoms with Gasteiger partial charge in [-0.1, -0.05) is 12.1 Å². The predicted molar refractivity (Wildman–Crippen MR) is 97.9 cm³/mol. The molecule has 0 saturated carbocycles. The molecule has 8 heteroatoms. The van der Waals surface area contributed by atoms with E-state index in [2.05, 4.69) is 20.6 Å². The van der Waals surface area contributed by atoms with E-state index in [1.54, 1.807) is 35.0 Å². The number of hydrogen-bond acceptors (Lipinski definition) is 4. The van der Waals surface area contributed by atoms with Crippen molar-refractivity contribution in [2.45, 2.75) is 19.9 Å². The Morgan fingerprint density at radius 2 is 1.85 bits per heavy atom. The summed E-state index contributed by atoms with van der Waals surface area (Å²) in [6.45, 7) is 3.23. The monoisotopic (exact) mass is 367 g/mol. The van der Waals surface area contributed by atoms with Crippen molar-refractivity contribution >= 4 is 17.5 Å². The lowest BCUT2D eigenvalue weighted by atomic mass is 10.1. The highest BCUT2D eigenvalue weighted by Crippen LogP contribution is 2.14. The van der Waals surface area contributed by atoms with Crippen LogP contribution in [0, 0.1) is 5.82 Å². The van der Waals surface area contributed by atoms with E-state index in [4.69, 9.17) is 0 Å². The van der Waals surface area contributed by atoms with Crippen molar-refractivity contribution in [3.05, 3.63) is 72.2 Å². The van der Waals surface area contributed by atoms with Crippen LogP contribution in [0.15, 0.2) is 55.1 Å². The molecule has 0 fully saturated rings. The van der Waals surface area contributed by atoms with Gasteiger partial charge < -0.3 is 10.6 Å². The van der Waals surface area contributed by atoms with Gasteiger partial charge in [0, 0.05) is 13.1 Å². The Morgan fingerprint density at radius 3 is 2.48 bits per heavy atom. The van der Waals surface area contributed by atoms with Crippen LogP contribution in [0.4, 0.5) is 10.1 Å². The average molecular weight is 367 g/mol. The quantitative estimate of drug-likeness (QED) is 0.726. The Hall–Kier alpha value is -3.55. The molecule has 0 aliphatic heterocycles. The second-order valence-corrected chi connectivity index (χ2v) is 6.00. The summed E-state index contributed by atoms with van der Waals surface area (Å²) in [7, 11) is 0. The molecule has 7 nitrogen and oxygen atoms in total. The zero-order valence-corrected chi connectivity index (χ0v) is 14.8. The molecule has 0 spiro atoms. The number of pyridine rings is 1. The molecule has 3 aromatic rings. The molecular weight excluding hydrogens is 349 g/mol. The number of carbonyl (C=O) groups is 2. The van der Waals surface area contributed by atoms with Gasteiger partial charge in [-0.3, -0.25) is 14.2 Å². The van der Waals surface area contributed by atoms with Crippen molar-refractivity contribution < 1.29 is 14.0 Å². The first-order chi connectivity index (χ1) is 12.9. The van der Waals surface area contributed by atoms with E-state index in [1.807, 2.05) is 6.92 Å². The van der Waals surface area contributed by atoms with Crippen LogP contribution in [-0.4, -0.2) is 26.3 Å². The molecule has 0 radical (unpaired) electrons. The summed E-state index contributed by atoms with van der Waals surface area (Å²) >= 11 is 0. The molecule has 1 atom stereocenters. The van der Waals surface area contributed by atoms with Gasteiger partial charge in [-0.2, -0.15) is 0 Å². The predicted octanol–water partition coefficient (Wildman–Crippen LogP) is 2.86. The maximum atomic E-state index is 13.0. The molecule has 27 heavy (non-hydrogen) atoms.